The Balaban J connectivity index is 2.43. The summed E-state index contributed by atoms with van der Waals surface area (Å²) in [4.78, 5) is 6.84. The first kappa shape index (κ1) is 15.7. The first-order valence-electron chi connectivity index (χ1n) is 7.11. The van der Waals surface area contributed by atoms with Gasteiger partial charge in [-0.05, 0) is 12.1 Å². The Labute approximate surface area is 125 Å². The molecule has 0 amide bonds. The van der Waals surface area contributed by atoms with Crippen LogP contribution in [0.4, 0.5) is 5.69 Å². The maximum atomic E-state index is 5.78. The van der Waals surface area contributed by atoms with E-state index in [4.69, 9.17) is 15.2 Å². The summed E-state index contributed by atoms with van der Waals surface area (Å²) in [5.41, 5.74) is 8.77. The Morgan fingerprint density at radius 2 is 1.76 bits per heavy atom. The second-order valence-corrected chi connectivity index (χ2v) is 4.83. The standard InChI is InChI=1S/C16H23N3O2/c1-20-9-7-19(8-10-21-2)16-11-13(12-17)18-15-6-4-3-5-14(15)16/h3-6,11H,7-10,12,17H2,1-2H3. The summed E-state index contributed by atoms with van der Waals surface area (Å²) < 4.78 is 10.4. The van der Waals surface area contributed by atoms with Crippen molar-refractivity contribution in [3.05, 3.63) is 36.0 Å². The fourth-order valence-electron chi connectivity index (χ4n) is 2.33. The molecule has 1 aromatic carbocycles. The molecule has 0 aliphatic rings. The van der Waals surface area contributed by atoms with Crippen LogP contribution in [0.25, 0.3) is 10.9 Å². The van der Waals surface area contributed by atoms with Crippen LogP contribution in [0.5, 0.6) is 0 Å². The topological polar surface area (TPSA) is 60.6 Å². The molecule has 1 aromatic heterocycles. The number of hydrogen-bond donors (Lipinski definition) is 1. The van der Waals surface area contributed by atoms with Crippen LogP contribution in [0.15, 0.2) is 30.3 Å². The highest BCUT2D eigenvalue weighted by Crippen LogP contribution is 2.26. The SMILES string of the molecule is COCCN(CCOC)c1cc(CN)nc2ccccc12. The number of nitrogens with two attached hydrogens (primary N) is 1. The van der Waals surface area contributed by atoms with Crippen LogP contribution >= 0.6 is 0 Å². The van der Waals surface area contributed by atoms with E-state index in [9.17, 15) is 0 Å². The Kier molecular flexibility index (Phi) is 5.92. The van der Waals surface area contributed by atoms with Gasteiger partial charge in [0, 0.05) is 44.9 Å². The molecule has 0 spiro atoms. The molecule has 2 aromatic rings. The lowest BCUT2D eigenvalue weighted by atomic mass is 10.1. The Bertz CT molecular complexity index is 566. The first-order valence-corrected chi connectivity index (χ1v) is 7.11. The van der Waals surface area contributed by atoms with E-state index in [2.05, 4.69) is 22.0 Å². The fourth-order valence-corrected chi connectivity index (χ4v) is 2.33. The van der Waals surface area contributed by atoms with Crippen molar-refractivity contribution in [3.63, 3.8) is 0 Å². The van der Waals surface area contributed by atoms with E-state index in [0.717, 1.165) is 35.4 Å². The number of para-hydroxylation sites is 1. The smallest absolute Gasteiger partial charge is 0.0726 e. The second-order valence-electron chi connectivity index (χ2n) is 4.83. The third-order valence-corrected chi connectivity index (χ3v) is 3.43. The molecule has 0 bridgehead atoms. The summed E-state index contributed by atoms with van der Waals surface area (Å²) in [6.45, 7) is 3.37. The number of ether oxygens (including phenoxy) is 2. The third-order valence-electron chi connectivity index (χ3n) is 3.43. The van der Waals surface area contributed by atoms with Crippen molar-refractivity contribution < 1.29 is 9.47 Å². The van der Waals surface area contributed by atoms with Crippen molar-refractivity contribution in [1.29, 1.82) is 0 Å². The molecular weight excluding hydrogens is 266 g/mol. The zero-order valence-electron chi connectivity index (χ0n) is 12.7. The van der Waals surface area contributed by atoms with Crippen molar-refractivity contribution >= 4 is 16.6 Å². The molecule has 2 rings (SSSR count). The fraction of sp³-hybridized carbons (Fsp3) is 0.438. The van der Waals surface area contributed by atoms with Crippen LogP contribution in [0.3, 0.4) is 0 Å². The largest absolute Gasteiger partial charge is 0.383 e. The number of benzene rings is 1. The number of rotatable bonds is 8. The molecule has 2 N–H and O–H groups in total. The lowest BCUT2D eigenvalue weighted by molar-refractivity contribution is 0.190. The quantitative estimate of drug-likeness (QED) is 0.803. The van der Waals surface area contributed by atoms with Crippen LogP contribution in [0, 0.1) is 0 Å². The minimum absolute atomic E-state index is 0.431. The van der Waals surface area contributed by atoms with Crippen LogP contribution < -0.4 is 10.6 Å². The van der Waals surface area contributed by atoms with Gasteiger partial charge >= 0.3 is 0 Å². The summed E-state index contributed by atoms with van der Waals surface area (Å²) in [6, 6.07) is 10.2. The summed E-state index contributed by atoms with van der Waals surface area (Å²) in [7, 11) is 3.43. The lowest BCUT2D eigenvalue weighted by Crippen LogP contribution is -2.31. The molecular formula is C16H23N3O2. The normalized spacial score (nSPS) is 11.0. The molecule has 21 heavy (non-hydrogen) atoms. The van der Waals surface area contributed by atoms with E-state index >= 15 is 0 Å². The predicted octanol–water partition coefficient (Wildman–Crippen LogP) is 1.79. The van der Waals surface area contributed by atoms with Gasteiger partial charge in [0.2, 0.25) is 0 Å². The molecule has 0 saturated heterocycles. The summed E-state index contributed by atoms with van der Waals surface area (Å²) in [5.74, 6) is 0. The van der Waals surface area contributed by atoms with Gasteiger partial charge in [-0.15, -0.1) is 0 Å². The zero-order chi connectivity index (χ0) is 15.1. The Morgan fingerprint density at radius 3 is 2.38 bits per heavy atom. The van der Waals surface area contributed by atoms with Crippen molar-refractivity contribution in [2.75, 3.05) is 45.4 Å². The molecule has 0 aliphatic carbocycles. The zero-order valence-corrected chi connectivity index (χ0v) is 12.7. The van der Waals surface area contributed by atoms with Crippen LogP contribution in [0.2, 0.25) is 0 Å². The number of fused-ring (bicyclic) bond motifs is 1. The average Bonchev–Trinajstić information content (AvgIpc) is 2.54. The Hall–Kier alpha value is -1.69. The maximum absolute atomic E-state index is 5.78. The van der Waals surface area contributed by atoms with Gasteiger partial charge in [0.25, 0.3) is 0 Å². The van der Waals surface area contributed by atoms with Gasteiger partial charge in [0.15, 0.2) is 0 Å². The second kappa shape index (κ2) is 7.93. The van der Waals surface area contributed by atoms with Crippen molar-refractivity contribution in [3.8, 4) is 0 Å². The number of pyridine rings is 1. The minimum Gasteiger partial charge on any atom is -0.383 e. The molecule has 0 aliphatic heterocycles. The third kappa shape index (κ3) is 3.91. The maximum Gasteiger partial charge on any atom is 0.0726 e. The molecule has 5 nitrogen and oxygen atoms in total. The molecule has 0 saturated carbocycles. The predicted molar refractivity (Wildman–Crippen MR) is 85.6 cm³/mol. The van der Waals surface area contributed by atoms with Gasteiger partial charge in [-0.3, -0.25) is 4.98 Å². The van der Waals surface area contributed by atoms with Crippen molar-refractivity contribution in [2.45, 2.75) is 6.54 Å². The number of anilines is 1. The van der Waals surface area contributed by atoms with Crippen LogP contribution in [-0.2, 0) is 16.0 Å². The van der Waals surface area contributed by atoms with Gasteiger partial charge in [-0.2, -0.15) is 0 Å². The van der Waals surface area contributed by atoms with Gasteiger partial charge in [-0.25, -0.2) is 0 Å². The molecule has 114 valence electrons. The van der Waals surface area contributed by atoms with Gasteiger partial charge in [0.05, 0.1) is 24.4 Å². The minimum atomic E-state index is 0.431. The van der Waals surface area contributed by atoms with E-state index < -0.39 is 0 Å². The van der Waals surface area contributed by atoms with Crippen molar-refractivity contribution in [2.24, 2.45) is 5.73 Å². The number of hydrogen-bond acceptors (Lipinski definition) is 5. The summed E-state index contributed by atoms with van der Waals surface area (Å²) in [6.07, 6.45) is 0. The van der Waals surface area contributed by atoms with E-state index in [0.29, 0.717) is 19.8 Å². The molecule has 0 atom stereocenters. The van der Waals surface area contributed by atoms with Gasteiger partial charge in [-0.1, -0.05) is 18.2 Å². The molecule has 1 heterocycles. The number of nitrogens with zero attached hydrogens (tertiary/aromatic N) is 2. The van der Waals surface area contributed by atoms with Gasteiger partial charge in [0.1, 0.15) is 0 Å². The highest BCUT2D eigenvalue weighted by Gasteiger charge is 2.12. The van der Waals surface area contributed by atoms with E-state index in [1.54, 1.807) is 14.2 Å². The van der Waals surface area contributed by atoms with Gasteiger partial charge < -0.3 is 20.1 Å². The number of methoxy groups -OCH3 is 2. The summed E-state index contributed by atoms with van der Waals surface area (Å²) >= 11 is 0. The average molecular weight is 289 g/mol. The molecule has 0 unspecified atom stereocenters. The first-order chi connectivity index (χ1) is 10.3. The summed E-state index contributed by atoms with van der Waals surface area (Å²) in [5, 5.41) is 1.13. The van der Waals surface area contributed by atoms with Crippen LogP contribution in [0.1, 0.15) is 5.69 Å². The van der Waals surface area contributed by atoms with E-state index in [-0.39, 0.29) is 0 Å². The highest BCUT2D eigenvalue weighted by atomic mass is 16.5. The monoisotopic (exact) mass is 289 g/mol. The molecule has 0 radical (unpaired) electrons. The molecule has 5 heteroatoms. The van der Waals surface area contributed by atoms with E-state index in [1.165, 1.54) is 0 Å². The number of aromatic nitrogens is 1. The highest BCUT2D eigenvalue weighted by molar-refractivity contribution is 5.92. The van der Waals surface area contributed by atoms with Crippen LogP contribution in [-0.4, -0.2) is 45.5 Å². The molecule has 0 fully saturated rings. The lowest BCUT2D eigenvalue weighted by Gasteiger charge is -2.26. The van der Waals surface area contributed by atoms with E-state index in [1.807, 2.05) is 18.2 Å². The Morgan fingerprint density at radius 1 is 1.10 bits per heavy atom. The van der Waals surface area contributed by atoms with Crippen molar-refractivity contribution in [1.82, 2.24) is 4.98 Å².